The standard InChI is InChI=1S/C22H23NO/c1-17-10-12-19(13-11-17)16-24-22-9-4-3-7-20(22)15-23-21-8-5-6-18(2)14-21/h3-14,23H,15-16H2,1-2H3. The second kappa shape index (κ2) is 7.69. The minimum Gasteiger partial charge on any atom is -0.489 e. The van der Waals surface area contributed by atoms with Crippen molar-refractivity contribution < 1.29 is 4.74 Å². The van der Waals surface area contributed by atoms with Crippen molar-refractivity contribution in [1.29, 1.82) is 0 Å². The quantitative estimate of drug-likeness (QED) is 0.648. The number of rotatable bonds is 6. The number of hydrogen-bond acceptors (Lipinski definition) is 2. The number of nitrogens with one attached hydrogen (secondary N) is 1. The van der Waals surface area contributed by atoms with E-state index in [1.54, 1.807) is 0 Å². The zero-order valence-corrected chi connectivity index (χ0v) is 14.3. The molecule has 0 radical (unpaired) electrons. The molecule has 0 atom stereocenters. The van der Waals surface area contributed by atoms with Gasteiger partial charge >= 0.3 is 0 Å². The second-order valence-corrected chi connectivity index (χ2v) is 6.11. The molecule has 2 nitrogen and oxygen atoms in total. The molecule has 0 saturated heterocycles. The van der Waals surface area contributed by atoms with E-state index in [4.69, 9.17) is 4.74 Å². The van der Waals surface area contributed by atoms with Gasteiger partial charge in [-0.2, -0.15) is 0 Å². The number of ether oxygens (including phenoxy) is 1. The van der Waals surface area contributed by atoms with Crippen LogP contribution >= 0.6 is 0 Å². The molecule has 122 valence electrons. The fourth-order valence-electron chi connectivity index (χ4n) is 2.59. The van der Waals surface area contributed by atoms with Crippen LogP contribution in [0.3, 0.4) is 0 Å². The van der Waals surface area contributed by atoms with Crippen LogP contribution in [-0.2, 0) is 13.2 Å². The van der Waals surface area contributed by atoms with Crippen LogP contribution in [0.15, 0.2) is 72.8 Å². The largest absolute Gasteiger partial charge is 0.489 e. The summed E-state index contributed by atoms with van der Waals surface area (Å²) in [6.45, 7) is 5.52. The van der Waals surface area contributed by atoms with Crippen LogP contribution in [0.5, 0.6) is 5.75 Å². The lowest BCUT2D eigenvalue weighted by atomic mass is 10.1. The molecule has 0 saturated carbocycles. The van der Waals surface area contributed by atoms with Gasteiger partial charge in [-0.1, -0.05) is 60.2 Å². The van der Waals surface area contributed by atoms with Crippen molar-refractivity contribution in [3.05, 3.63) is 95.1 Å². The highest BCUT2D eigenvalue weighted by Crippen LogP contribution is 2.21. The molecule has 3 aromatic rings. The Morgan fingerprint density at radius 3 is 2.38 bits per heavy atom. The van der Waals surface area contributed by atoms with Crippen molar-refractivity contribution in [2.24, 2.45) is 0 Å². The molecular formula is C22H23NO. The maximum atomic E-state index is 6.04. The van der Waals surface area contributed by atoms with Gasteiger partial charge in [0.1, 0.15) is 12.4 Å². The SMILES string of the molecule is Cc1ccc(COc2ccccc2CNc2cccc(C)c2)cc1. The van der Waals surface area contributed by atoms with E-state index >= 15 is 0 Å². The van der Waals surface area contributed by atoms with Gasteiger partial charge in [0.2, 0.25) is 0 Å². The molecule has 0 spiro atoms. The van der Waals surface area contributed by atoms with Gasteiger partial charge in [0.05, 0.1) is 0 Å². The van der Waals surface area contributed by atoms with E-state index < -0.39 is 0 Å². The first kappa shape index (κ1) is 16.1. The third kappa shape index (κ3) is 4.39. The van der Waals surface area contributed by atoms with Crippen LogP contribution < -0.4 is 10.1 Å². The van der Waals surface area contributed by atoms with E-state index in [-0.39, 0.29) is 0 Å². The number of hydrogen-bond donors (Lipinski definition) is 1. The molecule has 0 fully saturated rings. The van der Waals surface area contributed by atoms with Crippen molar-refractivity contribution in [2.45, 2.75) is 27.0 Å². The lowest BCUT2D eigenvalue weighted by Gasteiger charge is -2.13. The molecule has 0 amide bonds. The van der Waals surface area contributed by atoms with Gasteiger partial charge in [0.25, 0.3) is 0 Å². The average Bonchev–Trinajstić information content (AvgIpc) is 2.60. The minimum atomic E-state index is 0.585. The van der Waals surface area contributed by atoms with Gasteiger partial charge in [-0.05, 0) is 43.2 Å². The maximum absolute atomic E-state index is 6.04. The zero-order valence-electron chi connectivity index (χ0n) is 14.3. The highest BCUT2D eigenvalue weighted by molar-refractivity contribution is 5.47. The molecule has 24 heavy (non-hydrogen) atoms. The first-order valence-electron chi connectivity index (χ1n) is 8.27. The Bertz CT molecular complexity index is 793. The van der Waals surface area contributed by atoms with E-state index in [0.29, 0.717) is 6.61 Å². The van der Waals surface area contributed by atoms with Gasteiger partial charge in [-0.15, -0.1) is 0 Å². The van der Waals surface area contributed by atoms with E-state index in [9.17, 15) is 0 Å². The summed E-state index contributed by atoms with van der Waals surface area (Å²) >= 11 is 0. The summed E-state index contributed by atoms with van der Waals surface area (Å²) in [6.07, 6.45) is 0. The Balaban J connectivity index is 1.65. The first-order valence-corrected chi connectivity index (χ1v) is 8.27. The zero-order chi connectivity index (χ0) is 16.8. The number of para-hydroxylation sites is 1. The predicted molar refractivity (Wildman–Crippen MR) is 100 cm³/mol. The topological polar surface area (TPSA) is 21.3 Å². The molecule has 0 unspecified atom stereocenters. The molecule has 3 rings (SSSR count). The van der Waals surface area contributed by atoms with Gasteiger partial charge in [-0.25, -0.2) is 0 Å². The van der Waals surface area contributed by atoms with Crippen LogP contribution in [0.25, 0.3) is 0 Å². The molecule has 1 N–H and O–H groups in total. The van der Waals surface area contributed by atoms with Crippen molar-refractivity contribution in [3.8, 4) is 5.75 Å². The smallest absolute Gasteiger partial charge is 0.124 e. The Morgan fingerprint density at radius 2 is 1.58 bits per heavy atom. The fourth-order valence-corrected chi connectivity index (χ4v) is 2.59. The molecule has 0 bridgehead atoms. The van der Waals surface area contributed by atoms with Gasteiger partial charge in [0.15, 0.2) is 0 Å². The normalized spacial score (nSPS) is 10.4. The Kier molecular flexibility index (Phi) is 5.17. The van der Waals surface area contributed by atoms with Gasteiger partial charge < -0.3 is 10.1 Å². The van der Waals surface area contributed by atoms with Gasteiger partial charge in [-0.3, -0.25) is 0 Å². The fraction of sp³-hybridized carbons (Fsp3) is 0.182. The third-order valence-corrected chi connectivity index (χ3v) is 3.99. The summed E-state index contributed by atoms with van der Waals surface area (Å²) in [4.78, 5) is 0. The van der Waals surface area contributed by atoms with Crippen molar-refractivity contribution in [3.63, 3.8) is 0 Å². The molecule has 0 aliphatic rings. The van der Waals surface area contributed by atoms with Crippen LogP contribution in [0.4, 0.5) is 5.69 Å². The summed E-state index contributed by atoms with van der Waals surface area (Å²) in [5, 5.41) is 3.47. The van der Waals surface area contributed by atoms with Crippen molar-refractivity contribution in [2.75, 3.05) is 5.32 Å². The summed E-state index contributed by atoms with van der Waals surface area (Å²) in [7, 11) is 0. The Morgan fingerprint density at radius 1 is 0.792 bits per heavy atom. The molecular weight excluding hydrogens is 294 g/mol. The third-order valence-electron chi connectivity index (χ3n) is 3.99. The monoisotopic (exact) mass is 317 g/mol. The number of anilines is 1. The Hall–Kier alpha value is -2.74. The van der Waals surface area contributed by atoms with Crippen molar-refractivity contribution in [1.82, 2.24) is 0 Å². The lowest BCUT2D eigenvalue weighted by molar-refractivity contribution is 0.303. The first-order chi connectivity index (χ1) is 11.7. The molecule has 2 heteroatoms. The van der Waals surface area contributed by atoms with Crippen LogP contribution in [0.1, 0.15) is 22.3 Å². The average molecular weight is 317 g/mol. The van der Waals surface area contributed by atoms with Crippen molar-refractivity contribution >= 4 is 5.69 Å². The predicted octanol–water partition coefficient (Wildman–Crippen LogP) is 5.49. The van der Waals surface area contributed by atoms with E-state index in [2.05, 4.69) is 73.8 Å². The molecule has 0 aromatic heterocycles. The van der Waals surface area contributed by atoms with Crippen LogP contribution in [-0.4, -0.2) is 0 Å². The minimum absolute atomic E-state index is 0.585. The summed E-state index contributed by atoms with van der Waals surface area (Å²) in [5.74, 6) is 0.929. The van der Waals surface area contributed by atoms with Crippen LogP contribution in [0, 0.1) is 13.8 Å². The molecule has 3 aromatic carbocycles. The maximum Gasteiger partial charge on any atom is 0.124 e. The van der Waals surface area contributed by atoms with Gasteiger partial charge in [0, 0.05) is 17.8 Å². The second-order valence-electron chi connectivity index (χ2n) is 6.11. The highest BCUT2D eigenvalue weighted by Gasteiger charge is 2.04. The van der Waals surface area contributed by atoms with E-state index in [0.717, 1.165) is 23.5 Å². The van der Waals surface area contributed by atoms with E-state index in [1.165, 1.54) is 16.7 Å². The van der Waals surface area contributed by atoms with Crippen LogP contribution in [0.2, 0.25) is 0 Å². The number of benzene rings is 3. The highest BCUT2D eigenvalue weighted by atomic mass is 16.5. The summed E-state index contributed by atoms with van der Waals surface area (Å²) < 4.78 is 6.04. The summed E-state index contributed by atoms with van der Waals surface area (Å²) in [6, 6.07) is 25.1. The lowest BCUT2D eigenvalue weighted by Crippen LogP contribution is -2.03. The molecule has 0 heterocycles. The van der Waals surface area contributed by atoms with E-state index in [1.807, 2.05) is 18.2 Å². The number of aryl methyl sites for hydroxylation is 2. The molecule has 0 aliphatic carbocycles. The molecule has 0 aliphatic heterocycles. The Labute approximate surface area is 144 Å². The summed E-state index contributed by atoms with van der Waals surface area (Å²) in [5.41, 5.74) is 5.99.